The third-order valence-corrected chi connectivity index (χ3v) is 4.69. The predicted octanol–water partition coefficient (Wildman–Crippen LogP) is 4.51. The van der Waals surface area contributed by atoms with Gasteiger partial charge in [0.2, 0.25) is 0 Å². The van der Waals surface area contributed by atoms with E-state index < -0.39 is 12.1 Å². The van der Waals surface area contributed by atoms with Crippen LogP contribution in [0.25, 0.3) is 10.9 Å². The van der Waals surface area contributed by atoms with Crippen LogP contribution in [0.5, 0.6) is 0 Å². The summed E-state index contributed by atoms with van der Waals surface area (Å²) in [5.41, 5.74) is 0.473. The number of pyridine rings is 2. The van der Waals surface area contributed by atoms with Crippen molar-refractivity contribution in [3.05, 3.63) is 41.3 Å². The number of aromatic nitrogens is 4. The molecule has 6 nitrogen and oxygen atoms in total. The molecule has 1 aliphatic rings. The lowest BCUT2D eigenvalue weighted by Gasteiger charge is -2.23. The van der Waals surface area contributed by atoms with Gasteiger partial charge in [0.1, 0.15) is 11.5 Å². The van der Waals surface area contributed by atoms with Crippen molar-refractivity contribution >= 4 is 34.1 Å². The third-order valence-electron chi connectivity index (χ3n) is 4.37. The molecule has 4 rings (SSSR count). The number of nitrogens with one attached hydrogen (secondary N) is 1. The van der Waals surface area contributed by atoms with Gasteiger partial charge < -0.3 is 10.1 Å². The van der Waals surface area contributed by atoms with E-state index in [-0.39, 0.29) is 16.9 Å². The van der Waals surface area contributed by atoms with Crippen LogP contribution in [-0.2, 0) is 4.74 Å². The Kier molecular flexibility index (Phi) is 4.69. The van der Waals surface area contributed by atoms with Gasteiger partial charge in [-0.2, -0.15) is 5.10 Å². The van der Waals surface area contributed by atoms with Crippen molar-refractivity contribution in [2.24, 2.45) is 0 Å². The summed E-state index contributed by atoms with van der Waals surface area (Å²) in [5.74, 6) is 0.779. The second-order valence-electron chi connectivity index (χ2n) is 6.02. The van der Waals surface area contributed by atoms with Crippen molar-refractivity contribution in [3.63, 3.8) is 0 Å². The lowest BCUT2D eigenvalue weighted by atomic mass is 10.1. The number of anilines is 2. The van der Waals surface area contributed by atoms with Gasteiger partial charge >= 0.3 is 0 Å². The summed E-state index contributed by atoms with van der Waals surface area (Å²) in [6.07, 6.45) is 2.40. The van der Waals surface area contributed by atoms with Crippen molar-refractivity contribution in [1.29, 1.82) is 0 Å². The van der Waals surface area contributed by atoms with Gasteiger partial charge in [-0.1, -0.05) is 11.6 Å². The molecule has 3 aromatic heterocycles. The molecule has 9 heteroatoms. The lowest BCUT2D eigenvalue weighted by Crippen LogP contribution is -2.20. The molecule has 1 aliphatic heterocycles. The first kappa shape index (κ1) is 17.1. The zero-order chi connectivity index (χ0) is 18.1. The van der Waals surface area contributed by atoms with Gasteiger partial charge in [0.05, 0.1) is 22.0 Å². The number of fused-ring (bicyclic) bond motifs is 1. The summed E-state index contributed by atoms with van der Waals surface area (Å²) >= 11 is 5.78. The molecule has 1 fully saturated rings. The van der Waals surface area contributed by atoms with E-state index in [9.17, 15) is 8.78 Å². The van der Waals surface area contributed by atoms with E-state index in [2.05, 4.69) is 20.4 Å². The first-order chi connectivity index (χ1) is 12.6. The largest absolute Gasteiger partial charge is 0.381 e. The van der Waals surface area contributed by atoms with Crippen LogP contribution >= 0.6 is 11.6 Å². The van der Waals surface area contributed by atoms with Crippen LogP contribution < -0.4 is 5.32 Å². The monoisotopic (exact) mass is 379 g/mol. The van der Waals surface area contributed by atoms with Crippen LogP contribution in [0.15, 0.2) is 30.6 Å². The first-order valence-electron chi connectivity index (χ1n) is 8.25. The van der Waals surface area contributed by atoms with Gasteiger partial charge in [0.25, 0.3) is 6.43 Å². The van der Waals surface area contributed by atoms with E-state index in [0.717, 1.165) is 23.7 Å². The van der Waals surface area contributed by atoms with Crippen LogP contribution in [0.2, 0.25) is 5.02 Å². The fourth-order valence-corrected chi connectivity index (χ4v) is 3.27. The molecule has 0 aliphatic carbocycles. The van der Waals surface area contributed by atoms with Crippen LogP contribution in [0.1, 0.15) is 31.0 Å². The zero-order valence-corrected chi connectivity index (χ0v) is 14.5. The molecule has 0 unspecified atom stereocenters. The average molecular weight is 380 g/mol. The summed E-state index contributed by atoms with van der Waals surface area (Å²) in [7, 11) is 0. The number of alkyl halides is 2. The minimum absolute atomic E-state index is 0.0650. The lowest BCUT2D eigenvalue weighted by molar-refractivity contribution is 0.0675. The quantitative estimate of drug-likeness (QED) is 0.722. The van der Waals surface area contributed by atoms with Gasteiger partial charge in [-0.3, -0.25) is 9.67 Å². The summed E-state index contributed by atoms with van der Waals surface area (Å²) in [5, 5.41) is 8.41. The number of halogens is 3. The van der Waals surface area contributed by atoms with E-state index in [0.29, 0.717) is 19.0 Å². The van der Waals surface area contributed by atoms with Crippen molar-refractivity contribution in [1.82, 2.24) is 19.7 Å². The second kappa shape index (κ2) is 7.13. The van der Waals surface area contributed by atoms with Crippen LogP contribution in [0.4, 0.5) is 20.4 Å². The Hall–Kier alpha value is -2.32. The van der Waals surface area contributed by atoms with E-state index in [1.165, 1.54) is 6.07 Å². The number of hydrogen-bond donors (Lipinski definition) is 1. The van der Waals surface area contributed by atoms with Crippen molar-refractivity contribution in [3.8, 4) is 0 Å². The average Bonchev–Trinajstić information content (AvgIpc) is 3.02. The highest BCUT2D eigenvalue weighted by Gasteiger charge is 2.21. The fraction of sp³-hybridized carbons (Fsp3) is 0.353. The second-order valence-corrected chi connectivity index (χ2v) is 6.43. The molecule has 0 spiro atoms. The highest BCUT2D eigenvalue weighted by molar-refractivity contribution is 6.31. The molecular formula is C17H16ClF2N5O. The fourth-order valence-electron chi connectivity index (χ4n) is 3.09. The standard InChI is InChI=1S/C17H16ClF2N5O/c18-12-1-2-14(22-15(12)16(19)20)23-17-11-9-21-6-3-13(11)25(24-17)10-4-7-26-8-5-10/h1-3,6,9-10,16H,4-5,7-8H2,(H,22,23,24). The molecule has 3 aromatic rings. The maximum atomic E-state index is 13.0. The van der Waals surface area contributed by atoms with Gasteiger partial charge in [0.15, 0.2) is 5.82 Å². The van der Waals surface area contributed by atoms with Crippen molar-refractivity contribution in [2.75, 3.05) is 18.5 Å². The topological polar surface area (TPSA) is 64.9 Å². The minimum Gasteiger partial charge on any atom is -0.381 e. The SMILES string of the molecule is FC(F)c1nc(Nc2nn(C3CCOCC3)c3ccncc23)ccc1Cl. The zero-order valence-electron chi connectivity index (χ0n) is 13.7. The molecule has 0 bridgehead atoms. The number of hydrogen-bond acceptors (Lipinski definition) is 5. The van der Waals surface area contributed by atoms with Gasteiger partial charge in [0, 0.05) is 25.6 Å². The molecule has 0 atom stereocenters. The van der Waals surface area contributed by atoms with Crippen molar-refractivity contribution in [2.45, 2.75) is 25.3 Å². The predicted molar refractivity (Wildman–Crippen MR) is 94.1 cm³/mol. The Bertz CT molecular complexity index is 927. The molecule has 0 radical (unpaired) electrons. The summed E-state index contributed by atoms with van der Waals surface area (Å²) in [6, 6.07) is 5.06. The Balaban J connectivity index is 1.72. The highest BCUT2D eigenvalue weighted by atomic mass is 35.5. The number of nitrogens with zero attached hydrogens (tertiary/aromatic N) is 4. The highest BCUT2D eigenvalue weighted by Crippen LogP contribution is 2.32. The summed E-state index contributed by atoms with van der Waals surface area (Å²) in [6.45, 7) is 1.38. The molecule has 0 amide bonds. The summed E-state index contributed by atoms with van der Waals surface area (Å²) < 4.78 is 33.4. The molecule has 136 valence electrons. The van der Waals surface area contributed by atoms with Gasteiger partial charge in [-0.25, -0.2) is 13.8 Å². The van der Waals surface area contributed by atoms with Crippen molar-refractivity contribution < 1.29 is 13.5 Å². The Labute approximate surface area is 153 Å². The maximum Gasteiger partial charge on any atom is 0.281 e. The smallest absolute Gasteiger partial charge is 0.281 e. The van der Waals surface area contributed by atoms with Gasteiger partial charge in [-0.15, -0.1) is 0 Å². The maximum absolute atomic E-state index is 13.0. The molecule has 0 aromatic carbocycles. The van der Waals surface area contributed by atoms with Crippen LogP contribution in [0, 0.1) is 0 Å². The Morgan fingerprint density at radius 3 is 2.81 bits per heavy atom. The molecule has 0 saturated carbocycles. The van der Waals surface area contributed by atoms with Gasteiger partial charge in [-0.05, 0) is 31.0 Å². The molecule has 1 N–H and O–H groups in total. The normalized spacial score (nSPS) is 15.7. The minimum atomic E-state index is -2.75. The Morgan fingerprint density at radius 2 is 2.04 bits per heavy atom. The first-order valence-corrected chi connectivity index (χ1v) is 8.63. The van der Waals surface area contributed by atoms with E-state index >= 15 is 0 Å². The van der Waals surface area contributed by atoms with E-state index in [1.807, 2.05) is 10.7 Å². The number of ether oxygens (including phenoxy) is 1. The molecule has 26 heavy (non-hydrogen) atoms. The molecular weight excluding hydrogens is 364 g/mol. The van der Waals surface area contributed by atoms with Crippen LogP contribution in [0.3, 0.4) is 0 Å². The number of rotatable bonds is 4. The van der Waals surface area contributed by atoms with Crippen LogP contribution in [-0.4, -0.2) is 33.0 Å². The molecule has 1 saturated heterocycles. The van der Waals surface area contributed by atoms with E-state index in [4.69, 9.17) is 16.3 Å². The van der Waals surface area contributed by atoms with E-state index in [1.54, 1.807) is 18.5 Å². The third kappa shape index (κ3) is 3.22. The molecule has 4 heterocycles. The summed E-state index contributed by atoms with van der Waals surface area (Å²) in [4.78, 5) is 8.07. The Morgan fingerprint density at radius 1 is 1.23 bits per heavy atom.